The van der Waals surface area contributed by atoms with Gasteiger partial charge in [-0.05, 0) is 6.42 Å². The summed E-state index contributed by atoms with van der Waals surface area (Å²) in [6.07, 6.45) is 17.6. The van der Waals surface area contributed by atoms with Crippen LogP contribution >= 0.6 is 7.82 Å². The van der Waals surface area contributed by atoms with Gasteiger partial charge in [0.05, 0.1) is 27.7 Å². The van der Waals surface area contributed by atoms with Crippen molar-refractivity contribution in [2.75, 3.05) is 40.9 Å². The van der Waals surface area contributed by atoms with Crippen molar-refractivity contribution in [3.05, 3.63) is 0 Å². The number of carbonyl (C=O) groups excluding carboxylic acids is 1. The smallest absolute Gasteiger partial charge is 0.480 e. The number of hydroxylamine groups is 2. The van der Waals surface area contributed by atoms with E-state index in [1.165, 1.54) is 64.2 Å². The molecule has 37 heavy (non-hydrogen) atoms. The minimum Gasteiger partial charge on any atom is -0.480 e. The molecule has 11 heteroatoms. The molecule has 2 atom stereocenters. The average molecular weight is 554 g/mol. The number of aliphatic carboxylic acids is 1. The van der Waals surface area contributed by atoms with Gasteiger partial charge in [-0.1, -0.05) is 96.8 Å². The maximum Gasteiger partial charge on any atom is 0.494 e. The van der Waals surface area contributed by atoms with E-state index in [9.17, 15) is 29.3 Å². The lowest BCUT2D eigenvalue weighted by atomic mass is 10.0. The third-order valence-electron chi connectivity index (χ3n) is 6.19. The molecule has 0 aromatic carbocycles. The van der Waals surface area contributed by atoms with Crippen LogP contribution in [0.4, 0.5) is 0 Å². The fraction of sp³-hybridized carbons (Fsp3) is 0.923. The third kappa shape index (κ3) is 20.6. The molecule has 3 N–H and O–H groups in total. The quantitative estimate of drug-likeness (QED) is 0.0602. The largest absolute Gasteiger partial charge is 0.494 e. The van der Waals surface area contributed by atoms with Gasteiger partial charge in [-0.15, -0.1) is 0 Å². The van der Waals surface area contributed by atoms with E-state index in [1.54, 1.807) is 0 Å². The first kappa shape index (κ1) is 36.0. The summed E-state index contributed by atoms with van der Waals surface area (Å²) in [5, 5.41) is 19.0. The fourth-order valence-electron chi connectivity index (χ4n) is 3.85. The second-order valence-electron chi connectivity index (χ2n) is 10.9. The molecule has 0 aliphatic carbocycles. The van der Waals surface area contributed by atoms with Gasteiger partial charge in [0.15, 0.2) is 6.04 Å². The lowest BCUT2D eigenvalue weighted by Crippen LogP contribution is -2.46. The van der Waals surface area contributed by atoms with Gasteiger partial charge in [-0.2, -0.15) is 9.69 Å². The number of carbonyl (C=O) groups is 2. The van der Waals surface area contributed by atoms with E-state index in [-0.39, 0.29) is 13.0 Å². The van der Waals surface area contributed by atoms with E-state index in [2.05, 4.69) is 6.92 Å². The first-order valence-electron chi connectivity index (χ1n) is 14.1. The van der Waals surface area contributed by atoms with Crippen LogP contribution in [-0.4, -0.2) is 83.5 Å². The molecule has 10 nitrogen and oxygen atoms in total. The van der Waals surface area contributed by atoms with Gasteiger partial charge in [-0.25, -0.2) is 9.36 Å². The van der Waals surface area contributed by atoms with Crippen LogP contribution in [0.1, 0.15) is 110 Å². The summed E-state index contributed by atoms with van der Waals surface area (Å²) in [6, 6.07) is -1.80. The number of carboxylic acid groups (broad SMARTS) is 1. The van der Waals surface area contributed by atoms with Crippen molar-refractivity contribution in [2.45, 2.75) is 116 Å². The van der Waals surface area contributed by atoms with Gasteiger partial charge in [0, 0.05) is 6.42 Å². The highest BCUT2D eigenvalue weighted by Gasteiger charge is 2.37. The molecule has 0 spiro atoms. The maximum atomic E-state index is 12.6. The number of rotatable bonds is 25. The molecule has 1 unspecified atom stereocenters. The Morgan fingerprint density at radius 3 is 1.65 bits per heavy atom. The highest BCUT2D eigenvalue weighted by molar-refractivity contribution is 7.47. The van der Waals surface area contributed by atoms with E-state index in [0.717, 1.165) is 25.7 Å². The standard InChI is InChI=1S/C26H53N2O8P/c1-5-6-7-8-9-10-11-12-13-14-15-16-17-18-19-20-25(30)27(24(23-29)26(31)32)36-37(33,34)35-22-21-28(2,3)4/h24,29H,5-23H2,1-4H3,(H-,31,32,33,34)/p+1/t24-/m0/s1. The van der Waals surface area contributed by atoms with Crippen LogP contribution in [0.2, 0.25) is 0 Å². The summed E-state index contributed by atoms with van der Waals surface area (Å²) in [4.78, 5) is 34.1. The van der Waals surface area contributed by atoms with E-state index in [4.69, 9.17) is 9.15 Å². The molecule has 0 bridgehead atoms. The number of carboxylic acids is 1. The predicted molar refractivity (Wildman–Crippen MR) is 145 cm³/mol. The third-order valence-corrected chi connectivity index (χ3v) is 7.08. The average Bonchev–Trinajstić information content (AvgIpc) is 2.80. The zero-order valence-electron chi connectivity index (χ0n) is 23.7. The van der Waals surface area contributed by atoms with Crippen molar-refractivity contribution in [3.8, 4) is 0 Å². The lowest BCUT2D eigenvalue weighted by Gasteiger charge is -2.28. The van der Waals surface area contributed by atoms with Gasteiger partial charge in [-0.3, -0.25) is 9.32 Å². The summed E-state index contributed by atoms with van der Waals surface area (Å²) in [7, 11) is 0.851. The Kier molecular flexibility index (Phi) is 20.3. The summed E-state index contributed by atoms with van der Waals surface area (Å²) in [6.45, 7) is 1.54. The topological polar surface area (TPSA) is 134 Å². The summed E-state index contributed by atoms with van der Waals surface area (Å²) in [5.41, 5.74) is 0. The minimum atomic E-state index is -4.75. The number of nitrogens with zero attached hydrogens (tertiary/aromatic N) is 2. The highest BCUT2D eigenvalue weighted by Crippen LogP contribution is 2.44. The molecule has 0 radical (unpaired) electrons. The van der Waals surface area contributed by atoms with Gasteiger partial charge >= 0.3 is 13.8 Å². The number of phosphoric ester groups is 1. The second kappa shape index (κ2) is 20.9. The molecule has 0 rings (SSSR count). The number of amides is 1. The van der Waals surface area contributed by atoms with Gasteiger partial charge in [0.25, 0.3) is 0 Å². The van der Waals surface area contributed by atoms with Crippen molar-refractivity contribution < 1.29 is 42.9 Å². The molecule has 220 valence electrons. The molecule has 0 aliphatic rings. The first-order chi connectivity index (χ1) is 17.4. The fourth-order valence-corrected chi connectivity index (χ4v) is 4.64. The number of aliphatic hydroxyl groups is 1. The normalized spacial score (nSPS) is 14.3. The number of phosphoric acid groups is 1. The van der Waals surface area contributed by atoms with Crippen molar-refractivity contribution in [1.82, 2.24) is 5.06 Å². The summed E-state index contributed by atoms with van der Waals surface area (Å²) in [5.74, 6) is -2.32. The predicted octanol–water partition coefficient (Wildman–Crippen LogP) is 5.28. The second-order valence-corrected chi connectivity index (χ2v) is 12.2. The zero-order chi connectivity index (χ0) is 28.2. The molecule has 0 aliphatic heterocycles. The number of unbranched alkanes of at least 4 members (excludes halogenated alkanes) is 14. The molecule has 0 aromatic heterocycles. The molecule has 0 heterocycles. The van der Waals surface area contributed by atoms with Crippen LogP contribution in [0.5, 0.6) is 0 Å². The van der Waals surface area contributed by atoms with Crippen LogP contribution in [0.25, 0.3) is 0 Å². The van der Waals surface area contributed by atoms with Crippen LogP contribution in [0, 0.1) is 0 Å². The van der Waals surface area contributed by atoms with Crippen molar-refractivity contribution >= 4 is 19.7 Å². The Balaban J connectivity index is 4.26. The number of likely N-dealkylation sites (N-methyl/N-ethyl adjacent to an activating group) is 1. The van der Waals surface area contributed by atoms with Gasteiger partial charge in [0.1, 0.15) is 13.2 Å². The van der Waals surface area contributed by atoms with Crippen LogP contribution in [-0.2, 0) is 23.3 Å². The van der Waals surface area contributed by atoms with Crippen LogP contribution < -0.4 is 0 Å². The minimum absolute atomic E-state index is 0.0546. The van der Waals surface area contributed by atoms with E-state index in [0.29, 0.717) is 22.5 Å². The molecule has 0 saturated heterocycles. The highest BCUT2D eigenvalue weighted by atomic mass is 31.2. The van der Waals surface area contributed by atoms with Crippen LogP contribution in [0.3, 0.4) is 0 Å². The van der Waals surface area contributed by atoms with Gasteiger partial charge < -0.3 is 19.6 Å². The SMILES string of the molecule is CCCCCCCCCCCCCCCCCC(=O)N(OP(=O)(O)OCC[N+](C)(C)C)[C@@H](CO)C(=O)O. The number of quaternary nitrogens is 1. The first-order valence-corrected chi connectivity index (χ1v) is 15.6. The Labute approximate surface area is 224 Å². The Morgan fingerprint density at radius 2 is 1.27 bits per heavy atom. The Bertz CT molecular complexity index is 657. The summed E-state index contributed by atoms with van der Waals surface area (Å²) >= 11 is 0. The van der Waals surface area contributed by atoms with Gasteiger partial charge in [0.2, 0.25) is 5.91 Å². The molecule has 0 aromatic rings. The monoisotopic (exact) mass is 553 g/mol. The maximum absolute atomic E-state index is 12.6. The molecule has 0 fully saturated rings. The van der Waals surface area contributed by atoms with E-state index in [1.807, 2.05) is 21.1 Å². The van der Waals surface area contributed by atoms with E-state index >= 15 is 0 Å². The van der Waals surface area contributed by atoms with Crippen LogP contribution in [0.15, 0.2) is 0 Å². The molecular weight excluding hydrogens is 499 g/mol. The van der Waals surface area contributed by atoms with Crippen molar-refractivity contribution in [1.29, 1.82) is 0 Å². The molecule has 0 saturated carbocycles. The van der Waals surface area contributed by atoms with Crippen molar-refractivity contribution in [3.63, 3.8) is 0 Å². The van der Waals surface area contributed by atoms with E-state index < -0.39 is 32.3 Å². The lowest BCUT2D eigenvalue weighted by molar-refractivity contribution is -0.870. The van der Waals surface area contributed by atoms with Crippen molar-refractivity contribution in [2.24, 2.45) is 0 Å². The Morgan fingerprint density at radius 1 is 0.838 bits per heavy atom. The molecular formula is C26H54N2O8P+. The molecule has 1 amide bonds. The number of hydrogen-bond donors (Lipinski definition) is 3. The number of aliphatic hydroxyl groups excluding tert-OH is 1. The number of hydrogen-bond acceptors (Lipinski definition) is 6. The zero-order valence-corrected chi connectivity index (χ0v) is 24.6. The summed E-state index contributed by atoms with van der Waals surface area (Å²) < 4.78 is 22.5. The Hall–Kier alpha value is -1.03.